The van der Waals surface area contributed by atoms with Crippen molar-refractivity contribution in [1.82, 2.24) is 10.6 Å². The Morgan fingerprint density at radius 1 is 1.45 bits per heavy atom. The van der Waals surface area contributed by atoms with Crippen LogP contribution in [0.15, 0.2) is 24.3 Å². The summed E-state index contributed by atoms with van der Waals surface area (Å²) in [6.45, 7) is 0. The molecule has 0 bridgehead atoms. The summed E-state index contributed by atoms with van der Waals surface area (Å²) in [6.07, 6.45) is 0.953. The molecule has 1 fully saturated rings. The quantitative estimate of drug-likeness (QED) is 0.785. The van der Waals surface area contributed by atoms with Gasteiger partial charge in [0.1, 0.15) is 12.1 Å². The van der Waals surface area contributed by atoms with E-state index in [1.54, 1.807) is 24.3 Å². The molecule has 1 heterocycles. The van der Waals surface area contributed by atoms with Crippen LogP contribution in [0.2, 0.25) is 5.02 Å². The number of rotatable bonds is 5. The van der Waals surface area contributed by atoms with Gasteiger partial charge in [0.05, 0.1) is 7.11 Å². The molecule has 22 heavy (non-hydrogen) atoms. The van der Waals surface area contributed by atoms with Gasteiger partial charge in [-0.1, -0.05) is 29.8 Å². The van der Waals surface area contributed by atoms with Crippen LogP contribution in [0.5, 0.6) is 0 Å². The van der Waals surface area contributed by atoms with Gasteiger partial charge in [-0.2, -0.15) is 0 Å². The molecule has 1 aliphatic heterocycles. The van der Waals surface area contributed by atoms with E-state index in [1.165, 1.54) is 7.11 Å². The van der Waals surface area contributed by atoms with Gasteiger partial charge in [-0.25, -0.2) is 4.79 Å². The summed E-state index contributed by atoms with van der Waals surface area (Å²) in [5.41, 5.74) is 0.732. The minimum absolute atomic E-state index is 0.166. The Morgan fingerprint density at radius 3 is 2.77 bits per heavy atom. The number of benzene rings is 1. The molecule has 0 unspecified atom stereocenters. The van der Waals surface area contributed by atoms with Crippen LogP contribution in [0.1, 0.15) is 18.4 Å². The third-order valence-corrected chi connectivity index (χ3v) is 3.86. The number of methoxy groups -OCH3 is 1. The second-order valence-electron chi connectivity index (χ2n) is 5.04. The highest BCUT2D eigenvalue weighted by Crippen LogP contribution is 2.17. The van der Waals surface area contributed by atoms with Crippen LogP contribution in [-0.2, 0) is 25.5 Å². The zero-order chi connectivity index (χ0) is 16.1. The maximum atomic E-state index is 12.1. The monoisotopic (exact) mass is 324 g/mol. The van der Waals surface area contributed by atoms with Crippen LogP contribution in [-0.4, -0.2) is 37.0 Å². The van der Waals surface area contributed by atoms with Gasteiger partial charge in [0.25, 0.3) is 0 Å². The molecule has 118 valence electrons. The fraction of sp³-hybridized carbons (Fsp3) is 0.400. The van der Waals surface area contributed by atoms with E-state index in [0.29, 0.717) is 17.9 Å². The number of hydrogen-bond donors (Lipinski definition) is 2. The highest BCUT2D eigenvalue weighted by molar-refractivity contribution is 6.31. The summed E-state index contributed by atoms with van der Waals surface area (Å²) in [5, 5.41) is 5.69. The molecule has 0 aromatic heterocycles. The Kier molecular flexibility index (Phi) is 5.38. The maximum absolute atomic E-state index is 12.1. The SMILES string of the molecule is COC(=O)[C@@H](Cc1ccccc1Cl)NC(=O)[C@H]1CCC(=O)N1. The molecule has 0 saturated carbocycles. The van der Waals surface area contributed by atoms with E-state index in [9.17, 15) is 14.4 Å². The van der Waals surface area contributed by atoms with Gasteiger partial charge in [-0.05, 0) is 18.1 Å². The zero-order valence-electron chi connectivity index (χ0n) is 12.1. The van der Waals surface area contributed by atoms with Gasteiger partial charge in [-0.3, -0.25) is 9.59 Å². The van der Waals surface area contributed by atoms with Crippen molar-refractivity contribution in [3.05, 3.63) is 34.9 Å². The van der Waals surface area contributed by atoms with E-state index in [1.807, 2.05) is 0 Å². The Labute approximate surface area is 133 Å². The number of hydrogen-bond acceptors (Lipinski definition) is 4. The van der Waals surface area contributed by atoms with Crippen molar-refractivity contribution in [2.45, 2.75) is 31.3 Å². The lowest BCUT2D eigenvalue weighted by Gasteiger charge is -2.19. The normalized spacial score (nSPS) is 18.5. The fourth-order valence-electron chi connectivity index (χ4n) is 2.30. The highest BCUT2D eigenvalue weighted by atomic mass is 35.5. The molecular weight excluding hydrogens is 308 g/mol. The second-order valence-corrected chi connectivity index (χ2v) is 5.45. The smallest absolute Gasteiger partial charge is 0.328 e. The van der Waals surface area contributed by atoms with Crippen molar-refractivity contribution in [2.24, 2.45) is 0 Å². The van der Waals surface area contributed by atoms with E-state index in [4.69, 9.17) is 16.3 Å². The van der Waals surface area contributed by atoms with Gasteiger partial charge in [0, 0.05) is 17.9 Å². The van der Waals surface area contributed by atoms with Crippen LogP contribution in [0.3, 0.4) is 0 Å². The van der Waals surface area contributed by atoms with E-state index in [2.05, 4.69) is 10.6 Å². The number of halogens is 1. The van der Waals surface area contributed by atoms with Gasteiger partial charge in [0.15, 0.2) is 0 Å². The Bertz CT molecular complexity index is 591. The van der Waals surface area contributed by atoms with E-state index in [-0.39, 0.29) is 12.3 Å². The lowest BCUT2D eigenvalue weighted by molar-refractivity contribution is -0.145. The number of carbonyl (C=O) groups is 3. The summed E-state index contributed by atoms with van der Waals surface area (Å²) >= 11 is 6.08. The van der Waals surface area contributed by atoms with Crippen LogP contribution in [0.25, 0.3) is 0 Å². The fourth-order valence-corrected chi connectivity index (χ4v) is 2.52. The summed E-state index contributed by atoms with van der Waals surface area (Å²) in [4.78, 5) is 35.2. The summed E-state index contributed by atoms with van der Waals surface area (Å²) in [7, 11) is 1.26. The minimum Gasteiger partial charge on any atom is -0.467 e. The molecule has 2 N–H and O–H groups in total. The Morgan fingerprint density at radius 2 is 2.18 bits per heavy atom. The van der Waals surface area contributed by atoms with Gasteiger partial charge >= 0.3 is 5.97 Å². The number of ether oxygens (including phenoxy) is 1. The molecule has 0 aliphatic carbocycles. The second kappa shape index (κ2) is 7.26. The first-order valence-electron chi connectivity index (χ1n) is 6.92. The van der Waals surface area contributed by atoms with Crippen molar-refractivity contribution in [2.75, 3.05) is 7.11 Å². The first-order valence-corrected chi connectivity index (χ1v) is 7.30. The molecule has 2 rings (SSSR count). The molecule has 1 saturated heterocycles. The Hall–Kier alpha value is -2.08. The third-order valence-electron chi connectivity index (χ3n) is 3.50. The summed E-state index contributed by atoms with van der Waals surface area (Å²) in [5.74, 6) is -1.12. The minimum atomic E-state index is -0.852. The first-order chi connectivity index (χ1) is 10.5. The molecule has 7 heteroatoms. The molecular formula is C15H17ClN2O4. The Balaban J connectivity index is 2.06. The summed E-state index contributed by atoms with van der Waals surface area (Å²) in [6, 6.07) is 5.62. The van der Waals surface area contributed by atoms with E-state index < -0.39 is 24.0 Å². The molecule has 6 nitrogen and oxygen atoms in total. The van der Waals surface area contributed by atoms with Crippen LogP contribution in [0.4, 0.5) is 0 Å². The predicted octanol–water partition coefficient (Wildman–Crippen LogP) is 0.819. The van der Waals surface area contributed by atoms with E-state index >= 15 is 0 Å². The van der Waals surface area contributed by atoms with Crippen molar-refractivity contribution >= 4 is 29.4 Å². The third kappa shape index (κ3) is 3.98. The molecule has 1 aromatic rings. The molecule has 2 amide bonds. The van der Waals surface area contributed by atoms with Gasteiger partial charge in [-0.15, -0.1) is 0 Å². The molecule has 2 atom stereocenters. The lowest BCUT2D eigenvalue weighted by atomic mass is 10.1. The highest BCUT2D eigenvalue weighted by Gasteiger charge is 2.31. The predicted molar refractivity (Wildman–Crippen MR) is 80.3 cm³/mol. The van der Waals surface area contributed by atoms with Crippen LogP contribution < -0.4 is 10.6 Å². The number of carbonyl (C=O) groups excluding carboxylic acids is 3. The maximum Gasteiger partial charge on any atom is 0.328 e. The van der Waals surface area contributed by atoms with Crippen LogP contribution in [0, 0.1) is 0 Å². The summed E-state index contributed by atoms with van der Waals surface area (Å²) < 4.78 is 4.73. The molecule has 0 radical (unpaired) electrons. The average molecular weight is 325 g/mol. The topological polar surface area (TPSA) is 84.5 Å². The van der Waals surface area contributed by atoms with Crippen molar-refractivity contribution in [1.29, 1.82) is 0 Å². The molecule has 1 aromatic carbocycles. The van der Waals surface area contributed by atoms with Crippen molar-refractivity contribution in [3.63, 3.8) is 0 Å². The van der Waals surface area contributed by atoms with Gasteiger partial charge < -0.3 is 15.4 Å². The zero-order valence-corrected chi connectivity index (χ0v) is 12.9. The van der Waals surface area contributed by atoms with Crippen molar-refractivity contribution in [3.8, 4) is 0 Å². The first kappa shape index (κ1) is 16.3. The molecule has 1 aliphatic rings. The average Bonchev–Trinajstić information content (AvgIpc) is 2.94. The number of amides is 2. The van der Waals surface area contributed by atoms with Crippen LogP contribution >= 0.6 is 11.6 Å². The molecule has 0 spiro atoms. The van der Waals surface area contributed by atoms with E-state index in [0.717, 1.165) is 5.56 Å². The standard InChI is InChI=1S/C15H17ClN2O4/c1-22-15(21)12(8-9-4-2-3-5-10(9)16)18-14(20)11-6-7-13(19)17-11/h2-5,11-12H,6-8H2,1H3,(H,17,19)(H,18,20)/t11-,12-/m1/s1. The number of esters is 1. The largest absolute Gasteiger partial charge is 0.467 e. The van der Waals surface area contributed by atoms with Gasteiger partial charge in [0.2, 0.25) is 11.8 Å². The van der Waals surface area contributed by atoms with Crippen molar-refractivity contribution < 1.29 is 19.1 Å². The number of nitrogens with one attached hydrogen (secondary N) is 2. The lowest BCUT2D eigenvalue weighted by Crippen LogP contribution is -2.50.